The van der Waals surface area contributed by atoms with E-state index in [1.807, 2.05) is 0 Å². The van der Waals surface area contributed by atoms with E-state index in [2.05, 4.69) is 10.6 Å². The summed E-state index contributed by atoms with van der Waals surface area (Å²) >= 11 is 0. The van der Waals surface area contributed by atoms with Crippen molar-refractivity contribution in [1.82, 2.24) is 10.6 Å². The average Bonchev–Trinajstić information content (AvgIpc) is 2.38. The van der Waals surface area contributed by atoms with E-state index in [1.165, 1.54) is 0 Å². The number of hydrogen-bond acceptors (Lipinski definition) is 5. The fourth-order valence-corrected chi connectivity index (χ4v) is 1.49. The zero-order chi connectivity index (χ0) is 16.4. The number of amides is 2. The molecule has 10 nitrogen and oxygen atoms in total. The van der Waals surface area contributed by atoms with Gasteiger partial charge in [-0.25, -0.2) is 4.79 Å². The zero-order valence-corrected chi connectivity index (χ0v) is 11.6. The van der Waals surface area contributed by atoms with Crippen LogP contribution in [0.3, 0.4) is 0 Å². The molecule has 1 unspecified atom stereocenters. The third-order valence-electron chi connectivity index (χ3n) is 2.64. The van der Waals surface area contributed by atoms with E-state index in [-0.39, 0.29) is 25.2 Å². The lowest BCUT2D eigenvalue weighted by molar-refractivity contribution is -0.142. The molecule has 0 saturated heterocycles. The first-order valence-electron chi connectivity index (χ1n) is 6.39. The van der Waals surface area contributed by atoms with E-state index in [0.29, 0.717) is 13.0 Å². The van der Waals surface area contributed by atoms with Gasteiger partial charge in [-0.2, -0.15) is 0 Å². The number of nitrogens with two attached hydrogens (primary N) is 3. The van der Waals surface area contributed by atoms with Crippen molar-refractivity contribution in [2.24, 2.45) is 17.2 Å². The molecule has 21 heavy (non-hydrogen) atoms. The van der Waals surface area contributed by atoms with Crippen LogP contribution in [0, 0.1) is 5.41 Å². The Hall–Kier alpha value is -2.36. The fourth-order valence-electron chi connectivity index (χ4n) is 1.49. The molecule has 0 fully saturated rings. The van der Waals surface area contributed by atoms with Gasteiger partial charge in [-0.15, -0.1) is 0 Å². The van der Waals surface area contributed by atoms with Crippen LogP contribution in [0.4, 0.5) is 0 Å². The zero-order valence-electron chi connectivity index (χ0n) is 11.6. The third-order valence-corrected chi connectivity index (χ3v) is 2.64. The van der Waals surface area contributed by atoms with Crippen molar-refractivity contribution < 1.29 is 19.5 Å². The normalized spacial score (nSPS) is 13.0. The van der Waals surface area contributed by atoms with E-state index >= 15 is 0 Å². The molecule has 0 heterocycles. The maximum absolute atomic E-state index is 11.7. The molecule has 0 aromatic heterocycles. The van der Waals surface area contributed by atoms with E-state index in [1.54, 1.807) is 0 Å². The molecule has 0 aliphatic heterocycles. The summed E-state index contributed by atoms with van der Waals surface area (Å²) in [5, 5.41) is 20.8. The van der Waals surface area contributed by atoms with Crippen LogP contribution in [-0.2, 0) is 14.4 Å². The van der Waals surface area contributed by atoms with Crippen LogP contribution < -0.4 is 27.8 Å². The summed E-state index contributed by atoms with van der Waals surface area (Å²) in [6, 6.07) is -2.08. The van der Waals surface area contributed by atoms with E-state index < -0.39 is 29.9 Å². The second-order valence-corrected chi connectivity index (χ2v) is 4.49. The van der Waals surface area contributed by atoms with Crippen LogP contribution in [0.5, 0.6) is 0 Å². The van der Waals surface area contributed by atoms with Gasteiger partial charge in [-0.05, 0) is 19.3 Å². The number of guanidine groups is 1. The maximum atomic E-state index is 11.7. The molecule has 0 aliphatic rings. The summed E-state index contributed by atoms with van der Waals surface area (Å²) in [6.45, 7) is 0.322. The topological polar surface area (TPSA) is 197 Å². The van der Waals surface area contributed by atoms with Gasteiger partial charge < -0.3 is 32.9 Å². The molecule has 0 saturated carbocycles. The molecule has 0 radical (unpaired) electrons. The highest BCUT2D eigenvalue weighted by molar-refractivity contribution is 5.87. The van der Waals surface area contributed by atoms with Crippen molar-refractivity contribution >= 4 is 23.7 Å². The molecule has 2 amide bonds. The lowest BCUT2D eigenvalue weighted by Gasteiger charge is -2.17. The minimum Gasteiger partial charge on any atom is -0.480 e. The molecule has 0 aromatic carbocycles. The van der Waals surface area contributed by atoms with E-state index in [4.69, 9.17) is 27.7 Å². The molecule has 120 valence electrons. The van der Waals surface area contributed by atoms with Crippen molar-refractivity contribution in [3.63, 3.8) is 0 Å². The molecular weight excluding hydrogens is 280 g/mol. The summed E-state index contributed by atoms with van der Waals surface area (Å²) < 4.78 is 0. The highest BCUT2D eigenvalue weighted by Crippen LogP contribution is 2.00. The van der Waals surface area contributed by atoms with Crippen LogP contribution in [0.1, 0.15) is 25.7 Å². The SMILES string of the molecule is N=C(N)NCCC[C@H](NC(=O)C(N)CCC(N)=O)C(=O)O. The van der Waals surface area contributed by atoms with Crippen molar-refractivity contribution in [3.8, 4) is 0 Å². The predicted molar refractivity (Wildman–Crippen MR) is 75.1 cm³/mol. The van der Waals surface area contributed by atoms with Crippen LogP contribution in [0.2, 0.25) is 0 Å². The molecular formula is C11H22N6O4. The summed E-state index contributed by atoms with van der Waals surface area (Å²) in [6.07, 6.45) is 0.561. The fraction of sp³-hybridized carbons (Fsp3) is 0.636. The van der Waals surface area contributed by atoms with Crippen LogP contribution in [-0.4, -0.2) is 47.5 Å². The molecule has 2 atom stereocenters. The number of carboxylic acid groups (broad SMARTS) is 1. The lowest BCUT2D eigenvalue weighted by atomic mass is 10.1. The standard InChI is InChI=1S/C11H22N6O4/c12-6(3-4-8(13)18)9(19)17-7(10(20)21)2-1-5-16-11(14)15/h6-7H,1-5,12H2,(H2,13,18)(H,17,19)(H,20,21)(H4,14,15,16)/t6?,7-/m0/s1. The second kappa shape index (κ2) is 9.53. The Morgan fingerprint density at radius 3 is 2.29 bits per heavy atom. The Labute approximate surface area is 121 Å². The van der Waals surface area contributed by atoms with Gasteiger partial charge in [0.05, 0.1) is 6.04 Å². The number of hydrogen-bond donors (Lipinski definition) is 7. The predicted octanol–water partition coefficient (Wildman–Crippen LogP) is -2.59. The van der Waals surface area contributed by atoms with E-state index in [0.717, 1.165) is 0 Å². The number of carbonyl (C=O) groups excluding carboxylic acids is 2. The maximum Gasteiger partial charge on any atom is 0.326 e. The highest BCUT2D eigenvalue weighted by Gasteiger charge is 2.23. The van der Waals surface area contributed by atoms with E-state index in [9.17, 15) is 14.4 Å². The smallest absolute Gasteiger partial charge is 0.326 e. The van der Waals surface area contributed by atoms with Gasteiger partial charge in [-0.3, -0.25) is 15.0 Å². The molecule has 0 rings (SSSR count). The average molecular weight is 302 g/mol. The Bertz CT molecular complexity index is 400. The van der Waals surface area contributed by atoms with Crippen molar-refractivity contribution in [2.45, 2.75) is 37.8 Å². The Balaban J connectivity index is 4.23. The second-order valence-electron chi connectivity index (χ2n) is 4.49. The Kier molecular flexibility index (Phi) is 8.46. The number of rotatable bonds is 10. The summed E-state index contributed by atoms with van der Waals surface area (Å²) in [4.78, 5) is 33.3. The molecule has 10 N–H and O–H groups in total. The van der Waals surface area contributed by atoms with Crippen LogP contribution in [0.25, 0.3) is 0 Å². The molecule has 0 aliphatic carbocycles. The largest absolute Gasteiger partial charge is 0.480 e. The number of primary amides is 1. The number of nitrogens with one attached hydrogen (secondary N) is 3. The van der Waals surface area contributed by atoms with Crippen molar-refractivity contribution in [3.05, 3.63) is 0 Å². The van der Waals surface area contributed by atoms with Gasteiger partial charge >= 0.3 is 5.97 Å². The van der Waals surface area contributed by atoms with Crippen molar-refractivity contribution in [1.29, 1.82) is 5.41 Å². The number of aliphatic carboxylic acids is 1. The van der Waals surface area contributed by atoms with Gasteiger partial charge in [0.25, 0.3) is 0 Å². The summed E-state index contributed by atoms with van der Waals surface area (Å²) in [7, 11) is 0. The van der Waals surface area contributed by atoms with Gasteiger partial charge in [-0.1, -0.05) is 0 Å². The number of carboxylic acids is 1. The summed E-state index contributed by atoms with van der Waals surface area (Å²) in [5.74, 6) is -2.63. The van der Waals surface area contributed by atoms with Gasteiger partial charge in [0.15, 0.2) is 5.96 Å². The molecule has 0 bridgehead atoms. The van der Waals surface area contributed by atoms with Gasteiger partial charge in [0.2, 0.25) is 11.8 Å². The van der Waals surface area contributed by atoms with Crippen LogP contribution in [0.15, 0.2) is 0 Å². The first-order valence-corrected chi connectivity index (χ1v) is 6.39. The first kappa shape index (κ1) is 18.6. The third kappa shape index (κ3) is 9.21. The highest BCUT2D eigenvalue weighted by atomic mass is 16.4. The molecule has 10 heteroatoms. The lowest BCUT2D eigenvalue weighted by Crippen LogP contribution is -2.48. The Morgan fingerprint density at radius 2 is 1.81 bits per heavy atom. The first-order chi connectivity index (χ1) is 9.73. The van der Waals surface area contributed by atoms with Crippen LogP contribution >= 0.6 is 0 Å². The quantitative estimate of drug-likeness (QED) is 0.130. The number of carbonyl (C=O) groups is 3. The summed E-state index contributed by atoms with van der Waals surface area (Å²) in [5.41, 5.74) is 15.6. The van der Waals surface area contributed by atoms with Gasteiger partial charge in [0, 0.05) is 13.0 Å². The molecule has 0 spiro atoms. The molecule has 0 aromatic rings. The minimum absolute atomic E-state index is 0.0468. The minimum atomic E-state index is -1.19. The van der Waals surface area contributed by atoms with Gasteiger partial charge in [0.1, 0.15) is 6.04 Å². The Morgan fingerprint density at radius 1 is 1.19 bits per heavy atom. The van der Waals surface area contributed by atoms with Crippen molar-refractivity contribution in [2.75, 3.05) is 6.54 Å². The monoisotopic (exact) mass is 302 g/mol.